The van der Waals surface area contributed by atoms with Gasteiger partial charge in [0.05, 0.1) is 6.61 Å². The Morgan fingerprint density at radius 2 is 2.00 bits per heavy atom. The zero-order valence-corrected chi connectivity index (χ0v) is 10.9. The first-order valence-corrected chi connectivity index (χ1v) is 6.97. The summed E-state index contributed by atoms with van der Waals surface area (Å²) < 4.78 is 5.63. The smallest absolute Gasteiger partial charge is 0.123 e. The van der Waals surface area contributed by atoms with E-state index in [1.165, 1.54) is 24.8 Å². The van der Waals surface area contributed by atoms with Gasteiger partial charge in [-0.05, 0) is 30.7 Å². The van der Waals surface area contributed by atoms with E-state index in [1.807, 2.05) is 18.2 Å². The molecule has 1 aliphatic carbocycles. The molecule has 0 unspecified atom stereocenters. The van der Waals surface area contributed by atoms with Gasteiger partial charge in [0.2, 0.25) is 0 Å². The number of aldehydes is 1. The second-order valence-electron chi connectivity index (χ2n) is 5.18. The van der Waals surface area contributed by atoms with E-state index in [1.54, 1.807) is 0 Å². The van der Waals surface area contributed by atoms with Crippen LogP contribution in [0.5, 0.6) is 0 Å². The van der Waals surface area contributed by atoms with E-state index < -0.39 is 0 Å². The van der Waals surface area contributed by atoms with Crippen LogP contribution < -0.4 is 0 Å². The summed E-state index contributed by atoms with van der Waals surface area (Å²) in [7, 11) is 0. The highest BCUT2D eigenvalue weighted by atomic mass is 16.5. The average molecular weight is 246 g/mol. The molecule has 1 saturated carbocycles. The Hall–Kier alpha value is -1.15. The van der Waals surface area contributed by atoms with E-state index in [2.05, 4.69) is 12.1 Å². The minimum absolute atomic E-state index is 0.388. The van der Waals surface area contributed by atoms with Crippen molar-refractivity contribution >= 4 is 6.29 Å². The highest BCUT2D eigenvalue weighted by molar-refractivity contribution is 5.58. The Labute approximate surface area is 109 Å². The summed E-state index contributed by atoms with van der Waals surface area (Å²) >= 11 is 0. The maximum atomic E-state index is 10.5. The van der Waals surface area contributed by atoms with Crippen molar-refractivity contribution in [3.63, 3.8) is 0 Å². The molecule has 2 atom stereocenters. The van der Waals surface area contributed by atoms with Crippen LogP contribution in [0.1, 0.15) is 37.7 Å². The van der Waals surface area contributed by atoms with Gasteiger partial charge in [0.1, 0.15) is 6.29 Å². The third-order valence-corrected chi connectivity index (χ3v) is 3.63. The van der Waals surface area contributed by atoms with Crippen LogP contribution in [-0.2, 0) is 16.1 Å². The van der Waals surface area contributed by atoms with E-state index in [0.717, 1.165) is 32.3 Å². The maximum absolute atomic E-state index is 10.5. The van der Waals surface area contributed by atoms with Gasteiger partial charge in [0, 0.05) is 12.5 Å². The van der Waals surface area contributed by atoms with E-state index in [4.69, 9.17) is 4.74 Å². The van der Waals surface area contributed by atoms with E-state index in [9.17, 15) is 4.79 Å². The third-order valence-electron chi connectivity index (χ3n) is 3.63. The molecule has 0 amide bonds. The number of carbonyl (C=O) groups excluding carboxylic acids is 1. The Morgan fingerprint density at radius 3 is 2.72 bits per heavy atom. The molecule has 0 aliphatic heterocycles. The number of benzene rings is 1. The number of carbonyl (C=O) groups is 1. The minimum atomic E-state index is 0.388. The molecule has 2 rings (SSSR count). The van der Waals surface area contributed by atoms with Gasteiger partial charge in [-0.25, -0.2) is 0 Å². The topological polar surface area (TPSA) is 26.3 Å². The average Bonchev–Trinajstić information content (AvgIpc) is 3.17. The predicted molar refractivity (Wildman–Crippen MR) is 72.2 cm³/mol. The van der Waals surface area contributed by atoms with Gasteiger partial charge in [0.25, 0.3) is 0 Å². The van der Waals surface area contributed by atoms with Crippen LogP contribution in [0, 0.1) is 11.8 Å². The molecule has 2 nitrogen and oxygen atoms in total. The fourth-order valence-electron chi connectivity index (χ4n) is 2.32. The highest BCUT2D eigenvalue weighted by Crippen LogP contribution is 2.40. The standard InChI is InChI=1S/C16H22O2/c17-12-16-11-15(16)9-5-2-6-10-18-13-14-7-3-1-4-8-14/h1,3-4,7-8,12,15-16H,2,5-6,9-11,13H2/t15-,16+/m1/s1. The van der Waals surface area contributed by atoms with Gasteiger partial charge in [-0.15, -0.1) is 0 Å². The molecule has 2 heteroatoms. The first-order chi connectivity index (χ1) is 8.90. The second-order valence-corrected chi connectivity index (χ2v) is 5.18. The van der Waals surface area contributed by atoms with Crippen molar-refractivity contribution in [1.82, 2.24) is 0 Å². The fourth-order valence-corrected chi connectivity index (χ4v) is 2.32. The Morgan fingerprint density at radius 1 is 1.17 bits per heavy atom. The molecule has 0 saturated heterocycles. The molecule has 1 fully saturated rings. The lowest BCUT2D eigenvalue weighted by molar-refractivity contribution is -0.109. The van der Waals surface area contributed by atoms with Crippen molar-refractivity contribution in [1.29, 1.82) is 0 Å². The number of rotatable bonds is 9. The molecule has 98 valence electrons. The van der Waals surface area contributed by atoms with Gasteiger partial charge in [-0.1, -0.05) is 43.2 Å². The Kier molecular flexibility index (Phi) is 5.40. The van der Waals surface area contributed by atoms with Crippen LogP contribution in [0.15, 0.2) is 30.3 Å². The summed E-state index contributed by atoms with van der Waals surface area (Å²) in [5.74, 6) is 1.09. The van der Waals surface area contributed by atoms with Crippen LogP contribution in [0.2, 0.25) is 0 Å². The monoisotopic (exact) mass is 246 g/mol. The van der Waals surface area contributed by atoms with Crippen molar-refractivity contribution < 1.29 is 9.53 Å². The van der Waals surface area contributed by atoms with Gasteiger partial charge in [-0.3, -0.25) is 0 Å². The van der Waals surface area contributed by atoms with Gasteiger partial charge in [-0.2, -0.15) is 0 Å². The molecule has 0 spiro atoms. The molecule has 0 aromatic heterocycles. The van der Waals surface area contributed by atoms with Crippen LogP contribution in [0.25, 0.3) is 0 Å². The Balaban J connectivity index is 1.41. The highest BCUT2D eigenvalue weighted by Gasteiger charge is 2.35. The molecule has 0 radical (unpaired) electrons. The number of unbranched alkanes of at least 4 members (excludes halogenated alkanes) is 2. The molecule has 18 heavy (non-hydrogen) atoms. The van der Waals surface area contributed by atoms with Crippen LogP contribution >= 0.6 is 0 Å². The summed E-state index contributed by atoms with van der Waals surface area (Å²) in [4.78, 5) is 10.5. The van der Waals surface area contributed by atoms with Gasteiger partial charge in [0.15, 0.2) is 0 Å². The predicted octanol–water partition coefficient (Wildman–Crippen LogP) is 3.60. The summed E-state index contributed by atoms with van der Waals surface area (Å²) in [6.07, 6.45) is 7.07. The molecule has 0 heterocycles. The first kappa shape index (κ1) is 13.3. The molecule has 1 aliphatic rings. The quantitative estimate of drug-likeness (QED) is 0.491. The van der Waals surface area contributed by atoms with E-state index >= 15 is 0 Å². The minimum Gasteiger partial charge on any atom is -0.377 e. The molecular formula is C16H22O2. The van der Waals surface area contributed by atoms with E-state index in [0.29, 0.717) is 11.8 Å². The van der Waals surface area contributed by atoms with Crippen molar-refractivity contribution in [2.24, 2.45) is 11.8 Å². The SMILES string of the molecule is O=C[C@@H]1C[C@H]1CCCCCOCc1ccccc1. The van der Waals surface area contributed by atoms with Crippen molar-refractivity contribution in [2.75, 3.05) is 6.61 Å². The fraction of sp³-hybridized carbons (Fsp3) is 0.562. The molecular weight excluding hydrogens is 224 g/mol. The van der Waals surface area contributed by atoms with Gasteiger partial charge < -0.3 is 9.53 Å². The summed E-state index contributed by atoms with van der Waals surface area (Å²) in [6.45, 7) is 1.56. The largest absolute Gasteiger partial charge is 0.377 e. The van der Waals surface area contributed by atoms with Crippen LogP contribution in [0.4, 0.5) is 0 Å². The molecule has 1 aromatic rings. The summed E-state index contributed by atoms with van der Waals surface area (Å²) in [6, 6.07) is 10.3. The van der Waals surface area contributed by atoms with Crippen molar-refractivity contribution in [2.45, 2.75) is 38.7 Å². The molecule has 0 N–H and O–H groups in total. The molecule has 0 bridgehead atoms. The van der Waals surface area contributed by atoms with E-state index in [-0.39, 0.29) is 0 Å². The second kappa shape index (κ2) is 7.32. The lowest BCUT2D eigenvalue weighted by atomic mass is 10.1. The van der Waals surface area contributed by atoms with Crippen molar-refractivity contribution in [3.8, 4) is 0 Å². The first-order valence-electron chi connectivity index (χ1n) is 6.97. The zero-order valence-electron chi connectivity index (χ0n) is 10.9. The molecule has 1 aromatic carbocycles. The third kappa shape index (κ3) is 4.61. The number of hydrogen-bond donors (Lipinski definition) is 0. The number of ether oxygens (including phenoxy) is 1. The lowest BCUT2D eigenvalue weighted by Gasteiger charge is -2.04. The zero-order chi connectivity index (χ0) is 12.6. The summed E-state index contributed by atoms with van der Waals surface area (Å²) in [5.41, 5.74) is 1.24. The van der Waals surface area contributed by atoms with Crippen LogP contribution in [-0.4, -0.2) is 12.9 Å². The van der Waals surface area contributed by atoms with Crippen LogP contribution in [0.3, 0.4) is 0 Å². The van der Waals surface area contributed by atoms with Crippen molar-refractivity contribution in [3.05, 3.63) is 35.9 Å². The number of hydrogen-bond acceptors (Lipinski definition) is 2. The maximum Gasteiger partial charge on any atom is 0.123 e. The summed E-state index contributed by atoms with van der Waals surface area (Å²) in [5, 5.41) is 0. The Bertz CT molecular complexity index is 347. The lowest BCUT2D eigenvalue weighted by Crippen LogP contribution is -1.95. The van der Waals surface area contributed by atoms with Gasteiger partial charge >= 0.3 is 0 Å². The normalized spacial score (nSPS) is 21.8.